The van der Waals surface area contributed by atoms with E-state index in [-0.39, 0.29) is 17.1 Å². The van der Waals surface area contributed by atoms with E-state index in [2.05, 4.69) is 15.1 Å². The van der Waals surface area contributed by atoms with Crippen molar-refractivity contribution in [1.29, 1.82) is 0 Å². The molecule has 1 N–H and O–H groups in total. The molecule has 1 aliphatic rings. The van der Waals surface area contributed by atoms with Crippen LogP contribution >= 0.6 is 11.6 Å². The molecule has 0 bridgehead atoms. The van der Waals surface area contributed by atoms with Crippen LogP contribution in [0.2, 0.25) is 5.15 Å². The number of carbonyl (C=O) groups excluding carboxylic acids is 1. The van der Waals surface area contributed by atoms with Gasteiger partial charge in [-0.2, -0.15) is 5.10 Å². The highest BCUT2D eigenvalue weighted by atomic mass is 35.5. The summed E-state index contributed by atoms with van der Waals surface area (Å²) in [6.07, 6.45) is 4.02. The second-order valence-corrected chi connectivity index (χ2v) is 7.21. The molecule has 28 heavy (non-hydrogen) atoms. The number of nitrogens with zero attached hydrogens (tertiary/aromatic N) is 5. The number of aromatic amines is 1. The minimum absolute atomic E-state index is 0.174. The van der Waals surface area contributed by atoms with E-state index in [1.165, 1.54) is 0 Å². The van der Waals surface area contributed by atoms with Crippen molar-refractivity contribution in [3.63, 3.8) is 0 Å². The van der Waals surface area contributed by atoms with E-state index < -0.39 is 0 Å². The highest BCUT2D eigenvalue weighted by molar-refractivity contribution is 6.32. The molecule has 0 unspecified atom stereocenters. The normalized spacial score (nSPS) is 16.4. The van der Waals surface area contributed by atoms with Crippen LogP contribution in [0.3, 0.4) is 0 Å². The molecule has 1 atom stereocenters. The molecule has 3 aromatic heterocycles. The van der Waals surface area contributed by atoms with Crippen molar-refractivity contribution in [2.45, 2.75) is 12.5 Å². The first kappa shape index (κ1) is 16.9. The molecular formula is C20H17ClN6O. The van der Waals surface area contributed by atoms with Gasteiger partial charge in [-0.15, -0.1) is 0 Å². The van der Waals surface area contributed by atoms with Crippen LogP contribution in [-0.2, 0) is 13.5 Å². The zero-order valence-electron chi connectivity index (χ0n) is 15.1. The summed E-state index contributed by atoms with van der Waals surface area (Å²) < 4.78 is 1.54. The molecule has 0 radical (unpaired) electrons. The van der Waals surface area contributed by atoms with Crippen molar-refractivity contribution in [3.05, 3.63) is 76.7 Å². The summed E-state index contributed by atoms with van der Waals surface area (Å²) in [5.41, 5.74) is 3.90. The summed E-state index contributed by atoms with van der Waals surface area (Å²) in [5.74, 6) is -0.174. The molecule has 1 aromatic carbocycles. The third kappa shape index (κ3) is 2.66. The van der Waals surface area contributed by atoms with Crippen molar-refractivity contribution in [2.24, 2.45) is 7.05 Å². The van der Waals surface area contributed by atoms with Crippen LogP contribution in [0.15, 0.2) is 48.9 Å². The Labute approximate surface area is 166 Å². The average molecular weight is 393 g/mol. The van der Waals surface area contributed by atoms with E-state index in [0.29, 0.717) is 18.5 Å². The van der Waals surface area contributed by atoms with E-state index in [1.54, 1.807) is 29.2 Å². The van der Waals surface area contributed by atoms with Crippen LogP contribution in [0, 0.1) is 0 Å². The first-order valence-corrected chi connectivity index (χ1v) is 9.37. The quantitative estimate of drug-likeness (QED) is 0.568. The SMILES string of the molecule is Cn1cc(C(=O)N2CCc3[nH]cnc3[C@H]2c2ccc3ccccc3n2)c(Cl)n1. The zero-order valence-corrected chi connectivity index (χ0v) is 15.9. The Bertz CT molecular complexity index is 1200. The van der Waals surface area contributed by atoms with E-state index in [1.807, 2.05) is 36.4 Å². The van der Waals surface area contributed by atoms with Crippen molar-refractivity contribution < 1.29 is 4.79 Å². The molecule has 1 amide bonds. The van der Waals surface area contributed by atoms with Crippen LogP contribution in [0.4, 0.5) is 0 Å². The van der Waals surface area contributed by atoms with E-state index in [4.69, 9.17) is 16.6 Å². The lowest BCUT2D eigenvalue weighted by atomic mass is 9.98. The third-order valence-corrected chi connectivity index (χ3v) is 5.38. The Morgan fingerprint density at radius 3 is 2.93 bits per heavy atom. The highest BCUT2D eigenvalue weighted by Gasteiger charge is 2.36. The van der Waals surface area contributed by atoms with Gasteiger partial charge in [-0.25, -0.2) is 4.98 Å². The first-order valence-electron chi connectivity index (χ1n) is 9.00. The molecular weight excluding hydrogens is 376 g/mol. The Morgan fingerprint density at radius 1 is 1.25 bits per heavy atom. The van der Waals surface area contributed by atoms with Gasteiger partial charge in [-0.05, 0) is 12.1 Å². The lowest BCUT2D eigenvalue weighted by molar-refractivity contribution is 0.0687. The average Bonchev–Trinajstić information content (AvgIpc) is 3.32. The second kappa shape index (κ2) is 6.45. The number of carbonyl (C=O) groups is 1. The monoisotopic (exact) mass is 392 g/mol. The van der Waals surface area contributed by atoms with Gasteiger partial charge in [0.25, 0.3) is 5.91 Å². The van der Waals surface area contributed by atoms with Crippen LogP contribution in [0.25, 0.3) is 10.9 Å². The van der Waals surface area contributed by atoms with Gasteiger partial charge in [-0.1, -0.05) is 35.9 Å². The Morgan fingerprint density at radius 2 is 2.11 bits per heavy atom. The topological polar surface area (TPSA) is 79.7 Å². The zero-order chi connectivity index (χ0) is 19.3. The molecule has 7 nitrogen and oxygen atoms in total. The molecule has 4 heterocycles. The first-order chi connectivity index (χ1) is 13.6. The minimum atomic E-state index is -0.386. The predicted octanol–water partition coefficient (Wildman–Crippen LogP) is 3.13. The number of halogens is 1. The van der Waals surface area contributed by atoms with Gasteiger partial charge < -0.3 is 9.88 Å². The number of imidazole rings is 1. The maximum absolute atomic E-state index is 13.3. The van der Waals surface area contributed by atoms with Crippen LogP contribution < -0.4 is 0 Å². The molecule has 5 rings (SSSR count). The molecule has 140 valence electrons. The summed E-state index contributed by atoms with van der Waals surface area (Å²) in [6, 6.07) is 11.5. The third-order valence-electron chi connectivity index (χ3n) is 5.10. The van der Waals surface area contributed by atoms with Gasteiger partial charge in [0.15, 0.2) is 5.15 Å². The second-order valence-electron chi connectivity index (χ2n) is 6.85. The number of fused-ring (bicyclic) bond motifs is 2. The van der Waals surface area contributed by atoms with E-state index in [9.17, 15) is 4.79 Å². The van der Waals surface area contributed by atoms with Crippen molar-refractivity contribution >= 4 is 28.4 Å². The highest BCUT2D eigenvalue weighted by Crippen LogP contribution is 2.34. The van der Waals surface area contributed by atoms with Gasteiger partial charge in [-0.3, -0.25) is 14.5 Å². The lowest BCUT2D eigenvalue weighted by Gasteiger charge is -2.34. The summed E-state index contributed by atoms with van der Waals surface area (Å²) in [7, 11) is 1.74. The molecule has 1 aliphatic heterocycles. The van der Waals surface area contributed by atoms with Gasteiger partial charge in [0.05, 0.1) is 28.8 Å². The molecule has 0 saturated heterocycles. The van der Waals surface area contributed by atoms with Gasteiger partial charge in [0, 0.05) is 37.3 Å². The smallest absolute Gasteiger partial charge is 0.259 e. The number of benzene rings is 1. The fourth-order valence-corrected chi connectivity index (χ4v) is 4.04. The number of hydrogen-bond acceptors (Lipinski definition) is 4. The maximum Gasteiger partial charge on any atom is 0.259 e. The van der Waals surface area contributed by atoms with E-state index >= 15 is 0 Å². The van der Waals surface area contributed by atoms with Crippen molar-refractivity contribution in [2.75, 3.05) is 6.54 Å². The summed E-state index contributed by atoms with van der Waals surface area (Å²) in [4.78, 5) is 27.6. The van der Waals surface area contributed by atoms with Gasteiger partial charge in [0.1, 0.15) is 6.04 Å². The molecule has 0 saturated carbocycles. The van der Waals surface area contributed by atoms with Crippen molar-refractivity contribution in [1.82, 2.24) is 29.6 Å². The van der Waals surface area contributed by atoms with Gasteiger partial charge >= 0.3 is 0 Å². The number of pyridine rings is 1. The number of amides is 1. The largest absolute Gasteiger partial charge is 0.348 e. The number of nitrogens with one attached hydrogen (secondary N) is 1. The van der Waals surface area contributed by atoms with Crippen LogP contribution in [-0.4, -0.2) is 42.1 Å². The summed E-state index contributed by atoms with van der Waals surface area (Å²) >= 11 is 6.19. The molecule has 4 aromatic rings. The fraction of sp³-hybridized carbons (Fsp3) is 0.200. The molecule has 0 spiro atoms. The standard InChI is InChI=1S/C20H17ClN6O/c1-26-10-13(19(21)25-26)20(28)27-9-8-15-17(23-11-22-15)18(27)16-7-6-12-4-2-3-5-14(12)24-16/h2-7,10-11,18H,8-9H2,1H3,(H,22,23)/t18-/m1/s1. The number of aromatic nitrogens is 5. The summed E-state index contributed by atoms with van der Waals surface area (Å²) in [5, 5.41) is 5.35. The maximum atomic E-state index is 13.3. The number of H-pyrrole nitrogens is 1. The van der Waals surface area contributed by atoms with Crippen molar-refractivity contribution in [3.8, 4) is 0 Å². The summed E-state index contributed by atoms with van der Waals surface area (Å²) in [6.45, 7) is 0.540. The van der Waals surface area contributed by atoms with Crippen LogP contribution in [0.1, 0.15) is 33.5 Å². The molecule has 0 fully saturated rings. The van der Waals surface area contributed by atoms with Crippen LogP contribution in [0.5, 0.6) is 0 Å². The predicted molar refractivity (Wildman–Crippen MR) is 105 cm³/mol. The fourth-order valence-electron chi connectivity index (χ4n) is 3.79. The molecule has 8 heteroatoms. The number of hydrogen-bond donors (Lipinski definition) is 1. The molecule has 0 aliphatic carbocycles. The number of aryl methyl sites for hydroxylation is 1. The Balaban J connectivity index is 1.64. The van der Waals surface area contributed by atoms with E-state index in [0.717, 1.165) is 28.0 Å². The lowest BCUT2D eigenvalue weighted by Crippen LogP contribution is -2.41. The number of para-hydroxylation sites is 1. The Kier molecular flexibility index (Phi) is 3.91. The Hall–Kier alpha value is -3.19. The van der Waals surface area contributed by atoms with Gasteiger partial charge in [0.2, 0.25) is 0 Å². The minimum Gasteiger partial charge on any atom is -0.348 e. The number of rotatable bonds is 2.